The third-order valence-electron chi connectivity index (χ3n) is 7.29. The Morgan fingerprint density at radius 1 is 0.978 bits per heavy atom. The summed E-state index contributed by atoms with van der Waals surface area (Å²) in [4.78, 5) is 38.3. The molecule has 0 fully saturated rings. The van der Waals surface area contributed by atoms with E-state index < -0.39 is 12.1 Å². The summed E-state index contributed by atoms with van der Waals surface area (Å²) in [5, 5.41) is 21.4. The van der Waals surface area contributed by atoms with Gasteiger partial charge in [0.2, 0.25) is 11.7 Å². The SMILES string of the molecule is CCC(=O)CCCCC[C@H](NC(=O)Cc1noc2ccccc12)C1=NC=C(c2ccc3ccccc3c2)[NH2+]1.O=C([O-])C(F)(F)F. The van der Waals surface area contributed by atoms with Crippen molar-refractivity contribution in [2.24, 2.45) is 4.99 Å². The maximum Gasteiger partial charge on any atom is 0.430 e. The Kier molecular flexibility index (Phi) is 11.2. The van der Waals surface area contributed by atoms with Crippen molar-refractivity contribution in [1.29, 1.82) is 0 Å². The summed E-state index contributed by atoms with van der Waals surface area (Å²) in [6.07, 6.45) is 1.48. The smallest absolute Gasteiger partial charge is 0.430 e. The number of hydrogen-bond donors (Lipinski definition) is 2. The van der Waals surface area contributed by atoms with Gasteiger partial charge in [-0.2, -0.15) is 13.2 Å². The predicted octanol–water partition coefficient (Wildman–Crippen LogP) is 4.21. The lowest BCUT2D eigenvalue weighted by Gasteiger charge is -2.17. The van der Waals surface area contributed by atoms with Crippen LogP contribution in [0, 0.1) is 0 Å². The molecule has 45 heavy (non-hydrogen) atoms. The molecule has 1 atom stereocenters. The van der Waals surface area contributed by atoms with E-state index in [1.807, 2.05) is 49.5 Å². The highest BCUT2D eigenvalue weighted by molar-refractivity contribution is 5.93. The molecule has 9 nitrogen and oxygen atoms in total. The van der Waals surface area contributed by atoms with Gasteiger partial charge in [0, 0.05) is 23.8 Å². The maximum absolute atomic E-state index is 13.1. The van der Waals surface area contributed by atoms with Crippen molar-refractivity contribution in [3.05, 3.63) is 84.2 Å². The van der Waals surface area contributed by atoms with Crippen LogP contribution >= 0.6 is 0 Å². The van der Waals surface area contributed by atoms with Crippen LogP contribution in [-0.2, 0) is 20.8 Å². The summed E-state index contributed by atoms with van der Waals surface area (Å²) in [7, 11) is 0. The molecule has 0 unspecified atom stereocenters. The summed E-state index contributed by atoms with van der Waals surface area (Å²) in [5.41, 5.74) is 3.43. The molecule has 0 spiro atoms. The van der Waals surface area contributed by atoms with Gasteiger partial charge in [-0.05, 0) is 47.9 Å². The molecular weight excluding hydrogens is 589 g/mol. The summed E-state index contributed by atoms with van der Waals surface area (Å²) < 4.78 is 36.9. The first-order valence-electron chi connectivity index (χ1n) is 14.6. The molecule has 0 aliphatic carbocycles. The van der Waals surface area contributed by atoms with Crippen LogP contribution < -0.4 is 15.7 Å². The number of nitrogens with two attached hydrogens (primary N) is 1. The quantitative estimate of drug-likeness (QED) is 0.227. The van der Waals surface area contributed by atoms with Crippen molar-refractivity contribution >= 4 is 50.9 Å². The zero-order valence-electron chi connectivity index (χ0n) is 24.6. The zero-order valence-corrected chi connectivity index (χ0v) is 24.6. The number of carboxylic acids is 1. The van der Waals surface area contributed by atoms with E-state index in [4.69, 9.17) is 19.4 Å². The minimum absolute atomic E-state index is 0.120. The molecule has 236 valence electrons. The van der Waals surface area contributed by atoms with E-state index in [2.05, 4.69) is 46.1 Å². The summed E-state index contributed by atoms with van der Waals surface area (Å²) in [6, 6.07) is 22.0. The molecule has 4 aromatic rings. The van der Waals surface area contributed by atoms with E-state index in [1.54, 1.807) is 0 Å². The van der Waals surface area contributed by atoms with Crippen molar-refractivity contribution in [3.63, 3.8) is 0 Å². The number of unbranched alkanes of at least 4 members (excludes halogenated alkanes) is 2. The van der Waals surface area contributed by atoms with E-state index in [-0.39, 0.29) is 18.4 Å². The number of nitrogens with zero attached hydrogens (tertiary/aromatic N) is 2. The number of carboxylic acid groups (broad SMARTS) is 1. The molecule has 1 aliphatic rings. The van der Waals surface area contributed by atoms with Crippen LogP contribution in [0.1, 0.15) is 56.7 Å². The number of aliphatic imine (C=N–C) groups is 1. The molecule has 0 saturated carbocycles. The normalized spacial score (nSPS) is 13.5. The number of aromatic nitrogens is 1. The second-order valence-corrected chi connectivity index (χ2v) is 10.5. The van der Waals surface area contributed by atoms with Crippen molar-refractivity contribution in [2.75, 3.05) is 0 Å². The van der Waals surface area contributed by atoms with Crippen molar-refractivity contribution in [3.8, 4) is 0 Å². The number of amides is 1. The van der Waals surface area contributed by atoms with Crippen LogP contribution in [0.25, 0.3) is 27.4 Å². The second-order valence-electron chi connectivity index (χ2n) is 10.5. The topological polar surface area (TPSA) is 141 Å². The monoisotopic (exact) mass is 622 g/mol. The summed E-state index contributed by atoms with van der Waals surface area (Å²) >= 11 is 0. The van der Waals surface area contributed by atoms with Gasteiger partial charge in [-0.1, -0.05) is 67.4 Å². The number of Topliss-reactive ketones (excluding diaryl/α,β-unsaturated/α-hetero) is 1. The molecule has 3 N–H and O–H groups in total. The number of carbonyl (C=O) groups is 3. The Balaban J connectivity index is 0.000000591. The molecule has 3 aromatic carbocycles. The number of quaternary nitrogens is 1. The van der Waals surface area contributed by atoms with E-state index >= 15 is 0 Å². The third-order valence-corrected chi connectivity index (χ3v) is 7.29. The number of benzene rings is 3. The fourth-order valence-electron chi connectivity index (χ4n) is 4.88. The van der Waals surface area contributed by atoms with Gasteiger partial charge < -0.3 is 19.7 Å². The average molecular weight is 623 g/mol. The molecule has 1 aromatic heterocycles. The van der Waals surface area contributed by atoms with Crippen LogP contribution in [0.4, 0.5) is 13.2 Å². The Bertz CT molecular complexity index is 1730. The van der Waals surface area contributed by atoms with Crippen molar-refractivity contribution < 1.29 is 42.5 Å². The molecule has 0 radical (unpaired) electrons. The standard InChI is InChI=1S/C31H32N4O3.C2HF3O2/c1-2-24(36)12-4-3-5-14-26(33-30(37)19-27-25-13-8-9-15-29(25)38-35-27)31-32-20-28(34-31)23-17-16-21-10-6-7-11-22(21)18-23;3-2(4,5)1(6)7/h6-11,13,15-18,20,26H,2-5,12,14,19H2,1H3,(H,32,34)(H,33,37);(H,6,7)/t26-;/m0./s1. The lowest BCUT2D eigenvalue weighted by Crippen LogP contribution is -2.87. The first-order chi connectivity index (χ1) is 21.5. The lowest BCUT2D eigenvalue weighted by molar-refractivity contribution is -0.434. The second kappa shape index (κ2) is 15.2. The molecule has 1 aliphatic heterocycles. The van der Waals surface area contributed by atoms with Gasteiger partial charge in [-0.3, -0.25) is 14.9 Å². The molecular formula is C33H33F3N4O5. The highest BCUT2D eigenvalue weighted by atomic mass is 19.4. The fourth-order valence-corrected chi connectivity index (χ4v) is 4.88. The number of ketones is 1. The largest absolute Gasteiger partial charge is 0.542 e. The van der Waals surface area contributed by atoms with Gasteiger partial charge in [0.1, 0.15) is 23.5 Å². The number of para-hydroxylation sites is 1. The van der Waals surface area contributed by atoms with Gasteiger partial charge in [-0.15, -0.1) is 0 Å². The Morgan fingerprint density at radius 2 is 1.69 bits per heavy atom. The molecule has 0 saturated heterocycles. The van der Waals surface area contributed by atoms with Gasteiger partial charge in [0.05, 0.1) is 12.6 Å². The molecule has 0 bridgehead atoms. The number of halogens is 3. The minimum atomic E-state index is -5.19. The van der Waals surface area contributed by atoms with Crippen LogP contribution in [-0.4, -0.2) is 40.9 Å². The minimum Gasteiger partial charge on any atom is -0.542 e. The van der Waals surface area contributed by atoms with E-state index in [9.17, 15) is 22.8 Å². The molecule has 2 heterocycles. The third kappa shape index (κ3) is 9.32. The van der Waals surface area contributed by atoms with E-state index in [0.29, 0.717) is 29.9 Å². The van der Waals surface area contributed by atoms with Crippen LogP contribution in [0.15, 0.2) is 82.4 Å². The van der Waals surface area contributed by atoms with Gasteiger partial charge in [-0.25, -0.2) is 4.99 Å². The number of nitrogens with one attached hydrogen (secondary N) is 1. The summed E-state index contributed by atoms with van der Waals surface area (Å²) in [5.74, 6) is -1.98. The van der Waals surface area contributed by atoms with Crippen LogP contribution in [0.2, 0.25) is 0 Å². The average Bonchev–Trinajstić information content (AvgIpc) is 3.68. The van der Waals surface area contributed by atoms with Gasteiger partial charge in [0.15, 0.2) is 11.3 Å². The van der Waals surface area contributed by atoms with Crippen molar-refractivity contribution in [2.45, 2.75) is 64.1 Å². The highest BCUT2D eigenvalue weighted by Gasteiger charge is 2.29. The van der Waals surface area contributed by atoms with E-state index in [1.165, 1.54) is 10.8 Å². The Morgan fingerprint density at radius 3 is 2.42 bits per heavy atom. The number of rotatable bonds is 12. The van der Waals surface area contributed by atoms with Crippen LogP contribution in [0.3, 0.4) is 0 Å². The number of aliphatic carboxylic acids is 1. The first-order valence-corrected chi connectivity index (χ1v) is 14.6. The predicted molar refractivity (Wildman–Crippen MR) is 160 cm³/mol. The maximum atomic E-state index is 13.1. The first kappa shape index (κ1) is 33.1. The van der Waals surface area contributed by atoms with Gasteiger partial charge in [0.25, 0.3) is 0 Å². The highest BCUT2D eigenvalue weighted by Crippen LogP contribution is 2.21. The van der Waals surface area contributed by atoms with Gasteiger partial charge >= 0.3 is 6.18 Å². The Labute approximate surface area is 257 Å². The number of alkyl halides is 3. The molecule has 1 amide bonds. The summed E-state index contributed by atoms with van der Waals surface area (Å²) in [6.45, 7) is 1.90. The number of amidine groups is 1. The fraction of sp³-hybridized carbons (Fsp3) is 0.303. The van der Waals surface area contributed by atoms with Crippen LogP contribution in [0.5, 0.6) is 0 Å². The van der Waals surface area contributed by atoms with Crippen molar-refractivity contribution in [1.82, 2.24) is 10.5 Å². The van der Waals surface area contributed by atoms with E-state index in [0.717, 1.165) is 48.2 Å². The Hall–Kier alpha value is -4.84. The number of fused-ring (bicyclic) bond motifs is 2. The lowest BCUT2D eigenvalue weighted by atomic mass is 10.0. The number of hydrogen-bond acceptors (Lipinski definition) is 7. The molecule has 5 rings (SSSR count). The molecule has 12 heteroatoms. The zero-order chi connectivity index (χ0) is 32.4. The number of carbonyl (C=O) groups excluding carboxylic acids is 3.